The molecular formula is C18H29N. The predicted molar refractivity (Wildman–Crippen MR) is 83.7 cm³/mol. The largest absolute Gasteiger partial charge is 0.313 e. The zero-order valence-electron chi connectivity index (χ0n) is 13.1. The quantitative estimate of drug-likeness (QED) is 0.826. The molecule has 0 bridgehead atoms. The molecule has 1 aromatic carbocycles. The molecule has 0 aliphatic heterocycles. The SMILES string of the molecule is CCNC(Cc1c(C)cccc1C)C1(C)CCCC1. The second kappa shape index (κ2) is 6.09. The molecule has 106 valence electrons. The van der Waals surface area contributed by atoms with Gasteiger partial charge in [0.2, 0.25) is 0 Å². The summed E-state index contributed by atoms with van der Waals surface area (Å²) in [5.74, 6) is 0. The van der Waals surface area contributed by atoms with Crippen LogP contribution in [0.5, 0.6) is 0 Å². The van der Waals surface area contributed by atoms with Gasteiger partial charge in [-0.15, -0.1) is 0 Å². The summed E-state index contributed by atoms with van der Waals surface area (Å²) in [4.78, 5) is 0. The molecule has 0 spiro atoms. The van der Waals surface area contributed by atoms with E-state index in [0.29, 0.717) is 11.5 Å². The van der Waals surface area contributed by atoms with Gasteiger partial charge in [-0.25, -0.2) is 0 Å². The third kappa shape index (κ3) is 3.20. The maximum atomic E-state index is 3.77. The summed E-state index contributed by atoms with van der Waals surface area (Å²) in [6.45, 7) is 10.3. The molecule has 2 rings (SSSR count). The van der Waals surface area contributed by atoms with Crippen molar-refractivity contribution in [1.82, 2.24) is 5.32 Å². The highest BCUT2D eigenvalue weighted by atomic mass is 14.9. The second-order valence-electron chi connectivity index (χ2n) is 6.55. The lowest BCUT2D eigenvalue weighted by molar-refractivity contribution is 0.221. The summed E-state index contributed by atoms with van der Waals surface area (Å²) in [5.41, 5.74) is 4.95. The Balaban J connectivity index is 2.21. The zero-order chi connectivity index (χ0) is 13.9. The van der Waals surface area contributed by atoms with E-state index in [1.54, 1.807) is 5.56 Å². The van der Waals surface area contributed by atoms with Crippen LogP contribution in [0.15, 0.2) is 18.2 Å². The summed E-state index contributed by atoms with van der Waals surface area (Å²) in [5, 5.41) is 3.77. The molecule has 1 saturated carbocycles. The molecule has 1 aliphatic rings. The van der Waals surface area contributed by atoms with Gasteiger partial charge in [-0.1, -0.05) is 44.9 Å². The fraction of sp³-hybridized carbons (Fsp3) is 0.667. The predicted octanol–water partition coefficient (Wildman–Crippen LogP) is 4.40. The van der Waals surface area contributed by atoms with E-state index in [4.69, 9.17) is 0 Å². The van der Waals surface area contributed by atoms with Gasteiger partial charge >= 0.3 is 0 Å². The van der Waals surface area contributed by atoms with E-state index in [1.165, 1.54) is 43.2 Å². The normalized spacial score (nSPS) is 19.6. The smallest absolute Gasteiger partial charge is 0.0161 e. The number of rotatable bonds is 5. The fourth-order valence-corrected chi connectivity index (χ4v) is 3.72. The molecule has 0 heterocycles. The van der Waals surface area contributed by atoms with Gasteiger partial charge in [0.1, 0.15) is 0 Å². The molecule has 1 aromatic rings. The van der Waals surface area contributed by atoms with Gasteiger partial charge in [-0.2, -0.15) is 0 Å². The number of likely N-dealkylation sites (N-methyl/N-ethyl adjacent to an activating group) is 1. The van der Waals surface area contributed by atoms with Crippen LogP contribution in [0.4, 0.5) is 0 Å². The van der Waals surface area contributed by atoms with Gasteiger partial charge < -0.3 is 5.32 Å². The first-order valence-electron chi connectivity index (χ1n) is 7.85. The summed E-state index contributed by atoms with van der Waals surface area (Å²) >= 11 is 0. The molecule has 0 saturated heterocycles. The Morgan fingerprint density at radius 2 is 1.74 bits per heavy atom. The summed E-state index contributed by atoms with van der Waals surface area (Å²) in [6.07, 6.45) is 6.77. The molecule has 1 unspecified atom stereocenters. The number of hydrogen-bond acceptors (Lipinski definition) is 1. The van der Waals surface area contributed by atoms with Gasteiger partial charge in [0.05, 0.1) is 0 Å². The highest BCUT2D eigenvalue weighted by molar-refractivity contribution is 5.34. The molecule has 0 aromatic heterocycles. The van der Waals surface area contributed by atoms with Crippen molar-refractivity contribution < 1.29 is 0 Å². The zero-order valence-corrected chi connectivity index (χ0v) is 13.1. The third-order valence-electron chi connectivity index (χ3n) is 5.09. The second-order valence-corrected chi connectivity index (χ2v) is 6.55. The van der Waals surface area contributed by atoms with Crippen molar-refractivity contribution >= 4 is 0 Å². The van der Waals surface area contributed by atoms with Crippen molar-refractivity contribution in [3.05, 3.63) is 34.9 Å². The Kier molecular flexibility index (Phi) is 4.67. The van der Waals surface area contributed by atoms with E-state index in [1.807, 2.05) is 0 Å². The minimum atomic E-state index is 0.491. The van der Waals surface area contributed by atoms with Crippen molar-refractivity contribution in [3.8, 4) is 0 Å². The summed E-state index contributed by atoms with van der Waals surface area (Å²) in [6, 6.07) is 7.30. The van der Waals surface area contributed by atoms with Crippen LogP contribution in [0, 0.1) is 19.3 Å². The average molecular weight is 259 g/mol. The fourth-order valence-electron chi connectivity index (χ4n) is 3.72. The lowest BCUT2D eigenvalue weighted by Gasteiger charge is -2.35. The maximum Gasteiger partial charge on any atom is 0.0161 e. The number of benzene rings is 1. The summed E-state index contributed by atoms with van der Waals surface area (Å²) in [7, 11) is 0. The highest BCUT2D eigenvalue weighted by Gasteiger charge is 2.36. The standard InChI is InChI=1S/C18H29N/c1-5-19-17(18(4)11-6-7-12-18)13-16-14(2)9-8-10-15(16)3/h8-10,17,19H,5-7,11-13H2,1-4H3. The molecule has 19 heavy (non-hydrogen) atoms. The number of aryl methyl sites for hydroxylation is 2. The molecule has 1 heteroatoms. The van der Waals surface area contributed by atoms with Crippen molar-refractivity contribution in [2.75, 3.05) is 6.54 Å². The van der Waals surface area contributed by atoms with Crippen molar-refractivity contribution in [3.63, 3.8) is 0 Å². The van der Waals surface area contributed by atoms with Gasteiger partial charge in [0, 0.05) is 6.04 Å². The molecule has 1 atom stereocenters. The van der Waals surface area contributed by atoms with Crippen LogP contribution in [0.3, 0.4) is 0 Å². The van der Waals surface area contributed by atoms with Crippen molar-refractivity contribution in [2.45, 2.75) is 65.8 Å². The topological polar surface area (TPSA) is 12.0 Å². The van der Waals surface area contributed by atoms with Crippen molar-refractivity contribution in [1.29, 1.82) is 0 Å². The molecule has 1 N–H and O–H groups in total. The van der Waals surface area contributed by atoms with Gasteiger partial charge in [-0.3, -0.25) is 0 Å². The number of nitrogens with one attached hydrogen (secondary N) is 1. The molecule has 0 amide bonds. The Bertz CT molecular complexity index is 395. The summed E-state index contributed by atoms with van der Waals surface area (Å²) < 4.78 is 0. The number of hydrogen-bond donors (Lipinski definition) is 1. The van der Waals surface area contributed by atoms with Crippen LogP contribution in [-0.4, -0.2) is 12.6 Å². The Morgan fingerprint density at radius 3 is 2.26 bits per heavy atom. The minimum Gasteiger partial charge on any atom is -0.313 e. The molecule has 1 nitrogen and oxygen atoms in total. The molecular weight excluding hydrogens is 230 g/mol. The Hall–Kier alpha value is -0.820. The van der Waals surface area contributed by atoms with E-state index in [9.17, 15) is 0 Å². The molecule has 0 radical (unpaired) electrons. The first-order chi connectivity index (χ1) is 9.07. The van der Waals surface area contributed by atoms with E-state index < -0.39 is 0 Å². The highest BCUT2D eigenvalue weighted by Crippen LogP contribution is 2.41. The van der Waals surface area contributed by atoms with E-state index >= 15 is 0 Å². The molecule has 1 aliphatic carbocycles. The van der Waals surface area contributed by atoms with Crippen LogP contribution in [0.2, 0.25) is 0 Å². The third-order valence-corrected chi connectivity index (χ3v) is 5.09. The lowest BCUT2D eigenvalue weighted by atomic mass is 9.77. The van der Waals surface area contributed by atoms with Gasteiger partial charge in [0.25, 0.3) is 0 Å². The van der Waals surface area contributed by atoms with Crippen molar-refractivity contribution in [2.24, 2.45) is 5.41 Å². The average Bonchev–Trinajstić information content (AvgIpc) is 2.81. The van der Waals surface area contributed by atoms with E-state index in [0.717, 1.165) is 6.54 Å². The first kappa shape index (κ1) is 14.6. The van der Waals surface area contributed by atoms with Crippen LogP contribution >= 0.6 is 0 Å². The minimum absolute atomic E-state index is 0.491. The van der Waals surface area contributed by atoms with Gasteiger partial charge in [-0.05, 0) is 61.8 Å². The van der Waals surface area contributed by atoms with Crippen LogP contribution in [0.25, 0.3) is 0 Å². The van der Waals surface area contributed by atoms with Gasteiger partial charge in [0.15, 0.2) is 0 Å². The van der Waals surface area contributed by atoms with Crippen LogP contribution in [-0.2, 0) is 6.42 Å². The van der Waals surface area contributed by atoms with E-state index in [-0.39, 0.29) is 0 Å². The van der Waals surface area contributed by atoms with Crippen LogP contribution < -0.4 is 5.32 Å². The van der Waals surface area contributed by atoms with E-state index in [2.05, 4.69) is 51.2 Å². The molecule has 1 fully saturated rings. The monoisotopic (exact) mass is 259 g/mol. The van der Waals surface area contributed by atoms with Crippen LogP contribution in [0.1, 0.15) is 56.2 Å². The lowest BCUT2D eigenvalue weighted by Crippen LogP contribution is -2.44. The Morgan fingerprint density at radius 1 is 1.16 bits per heavy atom. The maximum absolute atomic E-state index is 3.77. The Labute approximate surface area is 118 Å². The first-order valence-corrected chi connectivity index (χ1v) is 7.85.